The first-order valence-corrected chi connectivity index (χ1v) is 12.1. The van der Waals surface area contributed by atoms with Crippen molar-refractivity contribution in [1.29, 1.82) is 0 Å². The van der Waals surface area contributed by atoms with Crippen LogP contribution in [0.3, 0.4) is 0 Å². The van der Waals surface area contributed by atoms with Gasteiger partial charge < -0.3 is 30.0 Å². The molecule has 2 rings (SSSR count). The molecule has 0 radical (unpaired) electrons. The Labute approximate surface area is 215 Å². The highest BCUT2D eigenvalue weighted by Crippen LogP contribution is 2.25. The Kier molecular flexibility index (Phi) is 18.7. The van der Waals surface area contributed by atoms with Crippen molar-refractivity contribution >= 4 is 18.3 Å². The average Bonchev–Trinajstić information content (AvgIpc) is 2.85. The number of unbranched alkanes of at least 4 members (excludes halogenated alkanes) is 1. The van der Waals surface area contributed by atoms with Gasteiger partial charge in [-0.15, -0.1) is 0 Å². The lowest BCUT2D eigenvalue weighted by Gasteiger charge is -2.23. The van der Waals surface area contributed by atoms with Crippen LogP contribution in [0.25, 0.3) is 5.70 Å². The minimum atomic E-state index is -0.414. The first-order valence-electron chi connectivity index (χ1n) is 12.1. The number of hydrazine groups is 1. The summed E-state index contributed by atoms with van der Waals surface area (Å²) in [7, 11) is 6.54. The highest BCUT2D eigenvalue weighted by Gasteiger charge is 2.16. The molecule has 0 aliphatic heterocycles. The molecule has 0 bridgehead atoms. The fourth-order valence-electron chi connectivity index (χ4n) is 3.17. The molecule has 206 valence electrons. The van der Waals surface area contributed by atoms with Crippen LogP contribution in [0.15, 0.2) is 18.2 Å². The van der Waals surface area contributed by atoms with Crippen LogP contribution in [0.2, 0.25) is 0 Å². The molecule has 5 N–H and O–H groups in total. The fraction of sp³-hybridized carbons (Fsp3) is 0.640. The van der Waals surface area contributed by atoms with E-state index in [1.54, 1.807) is 27.2 Å². The molecule has 0 spiro atoms. The number of carbonyl (C=O) groups excluding carboxylic acids is 2. The summed E-state index contributed by atoms with van der Waals surface area (Å²) in [6.07, 6.45) is 8.84. The van der Waals surface area contributed by atoms with Crippen molar-refractivity contribution in [3.63, 3.8) is 0 Å². The van der Waals surface area contributed by atoms with Gasteiger partial charge in [-0.3, -0.25) is 15.6 Å². The summed E-state index contributed by atoms with van der Waals surface area (Å²) in [4.78, 5) is 26.8. The molecule has 1 amide bonds. The monoisotopic (exact) mass is 511 g/mol. The Morgan fingerprint density at radius 3 is 2.33 bits per heavy atom. The second-order valence-electron chi connectivity index (χ2n) is 8.54. The quantitative estimate of drug-likeness (QED) is 0.185. The van der Waals surface area contributed by atoms with Crippen LogP contribution >= 0.6 is 0 Å². The molecule has 1 aromatic heterocycles. The number of aliphatic hydroxyl groups excluding tert-OH is 1. The molecule has 36 heavy (non-hydrogen) atoms. The number of ether oxygens (including phenoxy) is 3. The third kappa shape index (κ3) is 15.9. The third-order valence-corrected chi connectivity index (χ3v) is 5.00. The Balaban J connectivity index is 0.00000133. The van der Waals surface area contributed by atoms with Gasteiger partial charge in [-0.05, 0) is 63.7 Å². The lowest BCUT2D eigenvalue weighted by Crippen LogP contribution is -2.28. The first kappa shape index (κ1) is 33.1. The lowest BCUT2D eigenvalue weighted by atomic mass is 9.98. The molecule has 1 aliphatic carbocycles. The summed E-state index contributed by atoms with van der Waals surface area (Å²) in [5, 5.41) is 10.3. The van der Waals surface area contributed by atoms with E-state index in [9.17, 15) is 4.79 Å². The van der Waals surface area contributed by atoms with Crippen LogP contribution in [-0.4, -0.2) is 86.7 Å². The van der Waals surface area contributed by atoms with Crippen LogP contribution in [0.4, 0.5) is 4.79 Å². The molecule has 0 aromatic carbocycles. The van der Waals surface area contributed by atoms with Crippen LogP contribution < -0.4 is 16.3 Å². The van der Waals surface area contributed by atoms with Gasteiger partial charge in [0.2, 0.25) is 0 Å². The Hall–Kier alpha value is -2.89. The fourth-order valence-corrected chi connectivity index (χ4v) is 3.17. The standard InChI is InChI=1S/C21H33N3O4.C2H8N2.C2H4O2/c1-16-20(28-17-8-4-3-5-9-17)11-10-19(23-16)18(22)12-15-27-21(26)24(2)13-6-7-14-25;1-4(2)3;1-4-2-3/h10-12,17,25H,3-9,13-15,22H2,1-2H3;3H2,1-2H3;2H,1H3/b18-12+;;. The summed E-state index contributed by atoms with van der Waals surface area (Å²) in [5.41, 5.74) is 7.99. The molecular formula is C25H45N5O6. The Morgan fingerprint density at radius 1 is 1.19 bits per heavy atom. The number of rotatable bonds is 10. The number of aromatic nitrogens is 1. The number of nitrogens with zero attached hydrogens (tertiary/aromatic N) is 3. The molecule has 1 fully saturated rings. The summed E-state index contributed by atoms with van der Waals surface area (Å²) in [5.74, 6) is 5.75. The minimum Gasteiger partial charge on any atom is -0.489 e. The van der Waals surface area contributed by atoms with Crippen LogP contribution in [0.5, 0.6) is 5.75 Å². The summed E-state index contributed by atoms with van der Waals surface area (Å²) in [6.45, 7) is 3.03. The average molecular weight is 512 g/mol. The van der Waals surface area contributed by atoms with Crippen LogP contribution in [0.1, 0.15) is 56.3 Å². The van der Waals surface area contributed by atoms with Crippen molar-refractivity contribution in [2.75, 3.05) is 48.0 Å². The molecular weight excluding hydrogens is 466 g/mol. The van der Waals surface area contributed by atoms with Gasteiger partial charge in [0, 0.05) is 34.3 Å². The molecule has 11 heteroatoms. The number of methoxy groups -OCH3 is 1. The predicted molar refractivity (Wildman–Crippen MR) is 140 cm³/mol. The van der Waals surface area contributed by atoms with Gasteiger partial charge in [0.15, 0.2) is 0 Å². The molecule has 0 atom stereocenters. The topological polar surface area (TPSA) is 153 Å². The molecule has 11 nitrogen and oxygen atoms in total. The number of hydrogen-bond acceptors (Lipinski definition) is 10. The number of nitrogens with two attached hydrogens (primary N) is 2. The molecule has 0 unspecified atom stereocenters. The van der Waals surface area contributed by atoms with Crippen LogP contribution in [-0.2, 0) is 14.3 Å². The summed E-state index contributed by atoms with van der Waals surface area (Å²) in [6, 6.07) is 3.74. The SMILES string of the molecule is CN(C)N.COC=O.Cc1nc(/C(N)=C\COC(=O)N(C)CCCCO)ccc1OC1CCCCC1. The van der Waals surface area contributed by atoms with E-state index in [2.05, 4.69) is 9.72 Å². The van der Waals surface area contributed by atoms with E-state index in [4.69, 9.17) is 31.0 Å². The largest absolute Gasteiger partial charge is 0.489 e. The van der Waals surface area contributed by atoms with E-state index in [1.165, 1.54) is 36.3 Å². The lowest BCUT2D eigenvalue weighted by molar-refractivity contribution is -0.126. The Morgan fingerprint density at radius 2 is 1.81 bits per heavy atom. The zero-order chi connectivity index (χ0) is 27.3. The highest BCUT2D eigenvalue weighted by molar-refractivity contribution is 5.67. The second-order valence-corrected chi connectivity index (χ2v) is 8.54. The van der Waals surface area contributed by atoms with E-state index in [0.29, 0.717) is 30.8 Å². The maximum atomic E-state index is 11.9. The second kappa shape index (κ2) is 20.3. The van der Waals surface area contributed by atoms with E-state index in [0.717, 1.165) is 30.7 Å². The maximum absolute atomic E-state index is 11.9. The Bertz CT molecular complexity index is 767. The van der Waals surface area contributed by atoms with Crippen molar-refractivity contribution < 1.29 is 28.9 Å². The normalized spacial score (nSPS) is 13.5. The smallest absolute Gasteiger partial charge is 0.409 e. The molecule has 1 aliphatic rings. The minimum absolute atomic E-state index is 0.0794. The number of hydrogen-bond donors (Lipinski definition) is 3. The van der Waals surface area contributed by atoms with Gasteiger partial charge in [0.05, 0.1) is 30.3 Å². The number of pyridine rings is 1. The number of carbonyl (C=O) groups is 2. The number of aryl methyl sites for hydroxylation is 1. The summed E-state index contributed by atoms with van der Waals surface area (Å²) >= 11 is 0. The van der Waals surface area contributed by atoms with E-state index in [1.807, 2.05) is 19.1 Å². The van der Waals surface area contributed by atoms with Crippen molar-refractivity contribution in [3.8, 4) is 5.75 Å². The molecule has 1 heterocycles. The van der Waals surface area contributed by atoms with E-state index >= 15 is 0 Å². The van der Waals surface area contributed by atoms with Gasteiger partial charge in [-0.2, -0.15) is 0 Å². The zero-order valence-corrected chi connectivity index (χ0v) is 22.4. The van der Waals surface area contributed by atoms with Crippen molar-refractivity contribution in [3.05, 3.63) is 29.6 Å². The first-order chi connectivity index (χ1) is 17.2. The highest BCUT2D eigenvalue weighted by atomic mass is 16.6. The predicted octanol–water partition coefficient (Wildman–Crippen LogP) is 2.45. The molecule has 1 saturated carbocycles. The summed E-state index contributed by atoms with van der Waals surface area (Å²) < 4.78 is 15.1. The molecule has 0 saturated heterocycles. The van der Waals surface area contributed by atoms with Gasteiger partial charge in [-0.25, -0.2) is 9.78 Å². The van der Waals surface area contributed by atoms with E-state index in [-0.39, 0.29) is 19.3 Å². The van der Waals surface area contributed by atoms with Gasteiger partial charge >= 0.3 is 6.09 Å². The maximum Gasteiger partial charge on any atom is 0.409 e. The van der Waals surface area contributed by atoms with E-state index < -0.39 is 6.09 Å². The van der Waals surface area contributed by atoms with Gasteiger partial charge in [0.25, 0.3) is 6.47 Å². The van der Waals surface area contributed by atoms with Crippen molar-refractivity contribution in [1.82, 2.24) is 14.9 Å². The number of amides is 1. The van der Waals surface area contributed by atoms with Gasteiger partial charge in [0.1, 0.15) is 12.4 Å². The third-order valence-electron chi connectivity index (χ3n) is 5.00. The van der Waals surface area contributed by atoms with Crippen molar-refractivity contribution in [2.45, 2.75) is 58.0 Å². The molecule has 1 aromatic rings. The van der Waals surface area contributed by atoms with Gasteiger partial charge in [-0.1, -0.05) is 6.42 Å². The number of aliphatic hydroxyl groups is 1. The zero-order valence-electron chi connectivity index (χ0n) is 22.4. The van der Waals surface area contributed by atoms with Crippen LogP contribution in [0, 0.1) is 6.92 Å². The van der Waals surface area contributed by atoms with Crippen molar-refractivity contribution in [2.24, 2.45) is 11.6 Å².